The van der Waals surface area contributed by atoms with Crippen LogP contribution in [0.15, 0.2) is 24.5 Å². The maximum absolute atomic E-state index is 11.4. The highest BCUT2D eigenvalue weighted by Gasteiger charge is 2.39. The normalized spacial score (nSPS) is 17.4. The van der Waals surface area contributed by atoms with E-state index in [0.717, 1.165) is 30.4 Å². The molecule has 5 heteroatoms. The Balaban J connectivity index is 2.06. The minimum atomic E-state index is -0.898. The largest absolute Gasteiger partial charge is 0.478 e. The van der Waals surface area contributed by atoms with Gasteiger partial charge in [-0.3, -0.25) is 0 Å². The van der Waals surface area contributed by atoms with Crippen molar-refractivity contribution < 1.29 is 9.90 Å². The number of para-hydroxylation sites is 1. The SMILES string of the molecule is CN(C)C1(Cn2cnc3cccc(C(=O)O)c32)CCC1. The lowest BCUT2D eigenvalue weighted by Crippen LogP contribution is -2.52. The number of carboxylic acids is 1. The summed E-state index contributed by atoms with van der Waals surface area (Å²) < 4.78 is 2.00. The average molecular weight is 273 g/mol. The summed E-state index contributed by atoms with van der Waals surface area (Å²) in [6.45, 7) is 0.792. The van der Waals surface area contributed by atoms with Crippen LogP contribution in [0.3, 0.4) is 0 Å². The van der Waals surface area contributed by atoms with Crippen molar-refractivity contribution in [2.24, 2.45) is 0 Å². The van der Waals surface area contributed by atoms with Crippen molar-refractivity contribution in [2.45, 2.75) is 31.3 Å². The van der Waals surface area contributed by atoms with Crippen LogP contribution in [0.2, 0.25) is 0 Å². The summed E-state index contributed by atoms with van der Waals surface area (Å²) in [5.41, 5.74) is 1.94. The van der Waals surface area contributed by atoms with E-state index in [9.17, 15) is 9.90 Å². The van der Waals surface area contributed by atoms with Crippen LogP contribution in [0.1, 0.15) is 29.6 Å². The van der Waals surface area contributed by atoms with Crippen molar-refractivity contribution in [3.05, 3.63) is 30.1 Å². The van der Waals surface area contributed by atoms with E-state index in [1.807, 2.05) is 10.6 Å². The Hall–Kier alpha value is -1.88. The quantitative estimate of drug-likeness (QED) is 0.928. The number of fused-ring (bicyclic) bond motifs is 1. The Morgan fingerprint density at radius 3 is 2.75 bits per heavy atom. The third-order valence-corrected chi connectivity index (χ3v) is 4.57. The molecular formula is C15H19N3O2. The van der Waals surface area contributed by atoms with Crippen LogP contribution in [0.5, 0.6) is 0 Å². The van der Waals surface area contributed by atoms with Gasteiger partial charge < -0.3 is 14.6 Å². The number of hydrogen-bond acceptors (Lipinski definition) is 3. The Morgan fingerprint density at radius 2 is 2.20 bits per heavy atom. The second-order valence-electron chi connectivity index (χ2n) is 5.82. The minimum absolute atomic E-state index is 0.138. The first-order valence-electron chi connectivity index (χ1n) is 6.88. The van der Waals surface area contributed by atoms with E-state index in [2.05, 4.69) is 24.0 Å². The summed E-state index contributed by atoms with van der Waals surface area (Å²) in [6.07, 6.45) is 5.29. The van der Waals surface area contributed by atoms with Gasteiger partial charge in [-0.15, -0.1) is 0 Å². The Morgan fingerprint density at radius 1 is 1.45 bits per heavy atom. The number of carbonyl (C=O) groups is 1. The zero-order valence-electron chi connectivity index (χ0n) is 11.8. The number of aromatic nitrogens is 2. The third-order valence-electron chi connectivity index (χ3n) is 4.57. The standard InChI is InChI=1S/C15H19N3O2/c1-17(2)15(7-4-8-15)9-18-10-16-12-6-3-5-11(13(12)18)14(19)20/h3,5-6,10H,4,7-9H2,1-2H3,(H,19,20). The predicted molar refractivity (Wildman–Crippen MR) is 77.0 cm³/mol. The molecule has 2 aromatic rings. The van der Waals surface area contributed by atoms with Crippen LogP contribution in [0, 0.1) is 0 Å². The first-order chi connectivity index (χ1) is 9.53. The molecule has 1 aromatic carbocycles. The molecule has 0 amide bonds. The first kappa shape index (κ1) is 13.1. The van der Waals surface area contributed by atoms with Crippen molar-refractivity contribution >= 4 is 17.0 Å². The number of carboxylic acid groups (broad SMARTS) is 1. The predicted octanol–water partition coefficient (Wildman–Crippen LogP) is 2.22. The molecule has 0 spiro atoms. The summed E-state index contributed by atoms with van der Waals surface area (Å²) in [5, 5.41) is 9.35. The van der Waals surface area contributed by atoms with Gasteiger partial charge in [0.1, 0.15) is 0 Å². The molecule has 3 rings (SSSR count). The number of rotatable bonds is 4. The molecule has 1 fully saturated rings. The van der Waals surface area contributed by atoms with Gasteiger partial charge in [-0.2, -0.15) is 0 Å². The molecule has 1 aliphatic rings. The minimum Gasteiger partial charge on any atom is -0.478 e. The van der Waals surface area contributed by atoms with Crippen molar-refractivity contribution in [3.8, 4) is 0 Å². The molecule has 106 valence electrons. The number of likely N-dealkylation sites (N-methyl/N-ethyl adjacent to an activating group) is 1. The first-order valence-corrected chi connectivity index (χ1v) is 6.88. The highest BCUT2D eigenvalue weighted by molar-refractivity contribution is 6.01. The molecule has 0 bridgehead atoms. The van der Waals surface area contributed by atoms with Gasteiger partial charge in [-0.25, -0.2) is 9.78 Å². The Labute approximate surface area is 117 Å². The molecule has 0 radical (unpaired) electrons. The number of imidazole rings is 1. The zero-order chi connectivity index (χ0) is 14.3. The summed E-state index contributed by atoms with van der Waals surface area (Å²) in [5.74, 6) is -0.898. The highest BCUT2D eigenvalue weighted by Crippen LogP contribution is 2.38. The monoisotopic (exact) mass is 273 g/mol. The van der Waals surface area contributed by atoms with Gasteiger partial charge in [0.2, 0.25) is 0 Å². The number of aromatic carboxylic acids is 1. The topological polar surface area (TPSA) is 58.4 Å². The van der Waals surface area contributed by atoms with Crippen molar-refractivity contribution in [1.29, 1.82) is 0 Å². The van der Waals surface area contributed by atoms with Gasteiger partial charge in [-0.05, 0) is 45.5 Å². The molecule has 20 heavy (non-hydrogen) atoms. The molecular weight excluding hydrogens is 254 g/mol. The van der Waals surface area contributed by atoms with E-state index in [4.69, 9.17) is 0 Å². The molecule has 1 heterocycles. The summed E-state index contributed by atoms with van der Waals surface area (Å²) in [6, 6.07) is 5.25. The third kappa shape index (κ3) is 1.89. The number of benzene rings is 1. The van der Waals surface area contributed by atoms with E-state index >= 15 is 0 Å². The summed E-state index contributed by atoms with van der Waals surface area (Å²) >= 11 is 0. The maximum Gasteiger partial charge on any atom is 0.337 e. The van der Waals surface area contributed by atoms with Crippen LogP contribution in [-0.4, -0.2) is 45.2 Å². The van der Waals surface area contributed by atoms with Crippen LogP contribution in [0.25, 0.3) is 11.0 Å². The lowest BCUT2D eigenvalue weighted by Gasteiger charge is -2.47. The van der Waals surface area contributed by atoms with E-state index < -0.39 is 5.97 Å². The van der Waals surface area contributed by atoms with Crippen molar-refractivity contribution in [1.82, 2.24) is 14.5 Å². The highest BCUT2D eigenvalue weighted by atomic mass is 16.4. The van der Waals surface area contributed by atoms with E-state index in [0.29, 0.717) is 5.56 Å². The van der Waals surface area contributed by atoms with Gasteiger partial charge in [0.25, 0.3) is 0 Å². The van der Waals surface area contributed by atoms with E-state index in [1.54, 1.807) is 18.5 Å². The van der Waals surface area contributed by atoms with Crippen LogP contribution in [0.4, 0.5) is 0 Å². The van der Waals surface area contributed by atoms with Crippen molar-refractivity contribution in [2.75, 3.05) is 14.1 Å². The van der Waals surface area contributed by atoms with E-state index in [-0.39, 0.29) is 5.54 Å². The Kier molecular flexibility index (Phi) is 3.01. The summed E-state index contributed by atoms with van der Waals surface area (Å²) in [4.78, 5) is 18.0. The van der Waals surface area contributed by atoms with Crippen molar-refractivity contribution in [3.63, 3.8) is 0 Å². The Bertz CT molecular complexity index is 656. The second-order valence-corrected chi connectivity index (χ2v) is 5.82. The zero-order valence-corrected chi connectivity index (χ0v) is 11.8. The maximum atomic E-state index is 11.4. The molecule has 1 saturated carbocycles. The van der Waals surface area contributed by atoms with Crippen LogP contribution in [-0.2, 0) is 6.54 Å². The molecule has 0 aliphatic heterocycles. The molecule has 1 aromatic heterocycles. The van der Waals surface area contributed by atoms with Crippen LogP contribution >= 0.6 is 0 Å². The van der Waals surface area contributed by atoms with Crippen LogP contribution < -0.4 is 0 Å². The number of hydrogen-bond donors (Lipinski definition) is 1. The molecule has 5 nitrogen and oxygen atoms in total. The van der Waals surface area contributed by atoms with Gasteiger partial charge >= 0.3 is 5.97 Å². The van der Waals surface area contributed by atoms with E-state index in [1.165, 1.54) is 6.42 Å². The summed E-state index contributed by atoms with van der Waals surface area (Å²) in [7, 11) is 4.19. The lowest BCUT2D eigenvalue weighted by molar-refractivity contribution is 0.0433. The molecule has 0 unspecified atom stereocenters. The molecule has 1 N–H and O–H groups in total. The molecule has 1 aliphatic carbocycles. The van der Waals surface area contributed by atoms with Gasteiger partial charge in [0.15, 0.2) is 0 Å². The fourth-order valence-corrected chi connectivity index (χ4v) is 3.07. The molecule has 0 saturated heterocycles. The molecule has 0 atom stereocenters. The fourth-order valence-electron chi connectivity index (χ4n) is 3.07. The average Bonchev–Trinajstić information content (AvgIpc) is 2.76. The van der Waals surface area contributed by atoms with Gasteiger partial charge in [-0.1, -0.05) is 6.07 Å². The van der Waals surface area contributed by atoms with Gasteiger partial charge in [0.05, 0.1) is 22.9 Å². The smallest absolute Gasteiger partial charge is 0.337 e. The number of nitrogens with zero attached hydrogens (tertiary/aromatic N) is 3. The second kappa shape index (κ2) is 4.59. The lowest BCUT2D eigenvalue weighted by atomic mass is 9.75. The fraction of sp³-hybridized carbons (Fsp3) is 0.467. The van der Waals surface area contributed by atoms with Gasteiger partial charge in [0, 0.05) is 12.1 Å².